The minimum Gasteiger partial charge on any atom is -0.341 e. The molecule has 0 N–H and O–H groups in total. The Morgan fingerprint density at radius 1 is 0.912 bits per heavy atom. The lowest BCUT2D eigenvalue weighted by atomic mass is 9.90. The van der Waals surface area contributed by atoms with Crippen molar-refractivity contribution in [2.45, 2.75) is 43.7 Å². The lowest BCUT2D eigenvalue weighted by molar-refractivity contribution is 0.243. The third kappa shape index (κ3) is 2.77. The van der Waals surface area contributed by atoms with Crippen molar-refractivity contribution in [3.05, 3.63) is 74.1 Å². The van der Waals surface area contributed by atoms with Crippen molar-refractivity contribution in [2.24, 2.45) is 14.1 Å². The zero-order valence-electron chi connectivity index (χ0n) is 19.4. The molecular formula is C25H26N4O4S. The van der Waals surface area contributed by atoms with Gasteiger partial charge in [0.1, 0.15) is 0 Å². The van der Waals surface area contributed by atoms with E-state index in [0.29, 0.717) is 18.6 Å². The minimum atomic E-state index is -3.85. The lowest BCUT2D eigenvalue weighted by Crippen LogP contribution is -2.43. The second kappa shape index (κ2) is 7.16. The molecular weight excluding hydrogens is 452 g/mol. The number of benzene rings is 2. The Balaban J connectivity index is 1.51. The van der Waals surface area contributed by atoms with E-state index in [1.54, 1.807) is 17.4 Å². The molecule has 0 radical (unpaired) electrons. The molecule has 2 aromatic heterocycles. The SMILES string of the molecule is Cc1ccc2c(c1)c1c3n2CCN(S(=O)(=O)c2ccc4c(c2)c(=O)n(C)c(=O)n4C)[C@@H]3CCC1. The summed E-state index contributed by atoms with van der Waals surface area (Å²) in [5, 5.41) is 1.45. The second-order valence-corrected chi connectivity index (χ2v) is 11.3. The molecule has 9 heteroatoms. The van der Waals surface area contributed by atoms with Crippen LogP contribution in [0.4, 0.5) is 0 Å². The molecule has 2 aliphatic rings. The highest BCUT2D eigenvalue weighted by atomic mass is 32.2. The van der Waals surface area contributed by atoms with Gasteiger partial charge < -0.3 is 4.57 Å². The zero-order chi connectivity index (χ0) is 23.9. The predicted molar refractivity (Wildman–Crippen MR) is 131 cm³/mol. The number of sulfonamides is 1. The second-order valence-electron chi connectivity index (χ2n) is 9.44. The molecule has 8 nitrogen and oxygen atoms in total. The Kier molecular flexibility index (Phi) is 4.50. The summed E-state index contributed by atoms with van der Waals surface area (Å²) in [6.07, 6.45) is 2.65. The molecule has 1 atom stereocenters. The normalized spacial score (nSPS) is 18.5. The molecule has 2 aromatic carbocycles. The first kappa shape index (κ1) is 21.4. The fourth-order valence-electron chi connectivity index (χ4n) is 5.84. The van der Waals surface area contributed by atoms with Crippen LogP contribution in [0, 0.1) is 6.92 Å². The third-order valence-corrected chi connectivity index (χ3v) is 9.43. The molecule has 0 saturated heterocycles. The van der Waals surface area contributed by atoms with E-state index in [-0.39, 0.29) is 16.3 Å². The summed E-state index contributed by atoms with van der Waals surface area (Å²) in [5.74, 6) is 0. The first-order valence-electron chi connectivity index (χ1n) is 11.5. The molecule has 4 aromatic rings. The maximum atomic E-state index is 13.9. The Bertz CT molecular complexity index is 1740. The Morgan fingerprint density at radius 2 is 1.68 bits per heavy atom. The van der Waals surface area contributed by atoms with Gasteiger partial charge in [-0.2, -0.15) is 4.31 Å². The largest absolute Gasteiger partial charge is 0.341 e. The molecule has 3 heterocycles. The van der Waals surface area contributed by atoms with Gasteiger partial charge in [0.05, 0.1) is 21.8 Å². The van der Waals surface area contributed by atoms with Gasteiger partial charge in [-0.1, -0.05) is 11.6 Å². The summed E-state index contributed by atoms with van der Waals surface area (Å²) in [6.45, 7) is 3.05. The highest BCUT2D eigenvalue weighted by molar-refractivity contribution is 7.89. The fourth-order valence-corrected chi connectivity index (χ4v) is 7.48. The van der Waals surface area contributed by atoms with Crippen molar-refractivity contribution < 1.29 is 8.42 Å². The topological polar surface area (TPSA) is 86.3 Å². The number of rotatable bonds is 2. The van der Waals surface area contributed by atoms with Crippen LogP contribution in [0.15, 0.2) is 50.9 Å². The monoisotopic (exact) mass is 478 g/mol. The summed E-state index contributed by atoms with van der Waals surface area (Å²) in [7, 11) is -0.875. The van der Waals surface area contributed by atoms with Crippen molar-refractivity contribution in [3.8, 4) is 0 Å². The fraction of sp³-hybridized carbons (Fsp3) is 0.360. The number of hydrogen-bond donors (Lipinski definition) is 0. The third-order valence-electron chi connectivity index (χ3n) is 7.52. The average molecular weight is 479 g/mol. The van der Waals surface area contributed by atoms with E-state index in [1.165, 1.54) is 45.8 Å². The number of nitrogens with zero attached hydrogens (tertiary/aromatic N) is 4. The number of aromatic nitrogens is 3. The van der Waals surface area contributed by atoms with Crippen LogP contribution < -0.4 is 11.2 Å². The summed E-state index contributed by atoms with van der Waals surface area (Å²) in [5.41, 5.74) is 4.23. The van der Waals surface area contributed by atoms with Crippen molar-refractivity contribution in [1.29, 1.82) is 0 Å². The van der Waals surface area contributed by atoms with Gasteiger partial charge in [-0.25, -0.2) is 13.2 Å². The first-order valence-corrected chi connectivity index (χ1v) is 13.0. The van der Waals surface area contributed by atoms with Gasteiger partial charge in [-0.3, -0.25) is 13.9 Å². The van der Waals surface area contributed by atoms with Crippen molar-refractivity contribution in [2.75, 3.05) is 6.54 Å². The smallest absolute Gasteiger partial charge is 0.330 e. The van der Waals surface area contributed by atoms with E-state index in [4.69, 9.17) is 0 Å². The predicted octanol–water partition coefficient (Wildman–Crippen LogP) is 2.58. The van der Waals surface area contributed by atoms with Gasteiger partial charge in [0.15, 0.2) is 0 Å². The maximum Gasteiger partial charge on any atom is 0.330 e. The van der Waals surface area contributed by atoms with Gasteiger partial charge in [-0.15, -0.1) is 0 Å². The van der Waals surface area contributed by atoms with E-state index >= 15 is 0 Å². The van der Waals surface area contributed by atoms with E-state index in [1.807, 2.05) is 0 Å². The highest BCUT2D eigenvalue weighted by Crippen LogP contribution is 2.44. The van der Waals surface area contributed by atoms with E-state index in [0.717, 1.165) is 29.5 Å². The van der Waals surface area contributed by atoms with Crippen LogP contribution in [0.3, 0.4) is 0 Å². The molecule has 0 spiro atoms. The number of fused-ring (bicyclic) bond motifs is 4. The number of hydrogen-bond acceptors (Lipinski definition) is 4. The van der Waals surface area contributed by atoms with Crippen LogP contribution >= 0.6 is 0 Å². The van der Waals surface area contributed by atoms with Gasteiger partial charge in [-0.05, 0) is 62.1 Å². The Morgan fingerprint density at radius 3 is 2.47 bits per heavy atom. The van der Waals surface area contributed by atoms with Gasteiger partial charge in [0.2, 0.25) is 10.0 Å². The van der Waals surface area contributed by atoms with Gasteiger partial charge in [0, 0.05) is 43.8 Å². The summed E-state index contributed by atoms with van der Waals surface area (Å²) >= 11 is 0. The number of aryl methyl sites for hydroxylation is 3. The molecule has 34 heavy (non-hydrogen) atoms. The molecule has 0 amide bonds. The highest BCUT2D eigenvalue weighted by Gasteiger charge is 2.41. The quantitative estimate of drug-likeness (QED) is 0.443. The van der Waals surface area contributed by atoms with Crippen molar-refractivity contribution >= 4 is 31.8 Å². The van der Waals surface area contributed by atoms with E-state index < -0.39 is 21.3 Å². The summed E-state index contributed by atoms with van der Waals surface area (Å²) in [4.78, 5) is 25.1. The van der Waals surface area contributed by atoms with E-state index in [9.17, 15) is 18.0 Å². The lowest BCUT2D eigenvalue weighted by Gasteiger charge is -2.39. The standard InChI is InChI=1S/C25H26N4O4S/c1-15-7-9-21-18(13-15)17-5-4-6-22-23(17)28(21)11-12-29(22)34(32,33)16-8-10-20-19(14-16)24(30)27(3)25(31)26(20)2/h7-10,13-14,22H,4-6,11-12H2,1-3H3/t22-/m1/s1. The summed E-state index contributed by atoms with van der Waals surface area (Å²) < 4.78 is 34.1. The molecule has 1 aliphatic heterocycles. The van der Waals surface area contributed by atoms with Crippen LogP contribution in [0.2, 0.25) is 0 Å². The van der Waals surface area contributed by atoms with Crippen molar-refractivity contribution in [1.82, 2.24) is 18.0 Å². The molecule has 0 fully saturated rings. The van der Waals surface area contributed by atoms with Gasteiger partial charge in [0.25, 0.3) is 5.56 Å². The molecule has 0 unspecified atom stereocenters. The zero-order valence-corrected chi connectivity index (χ0v) is 20.2. The molecule has 0 saturated carbocycles. The minimum absolute atomic E-state index is 0.0864. The van der Waals surface area contributed by atoms with E-state index in [2.05, 4.69) is 29.7 Å². The van der Waals surface area contributed by atoms with Crippen LogP contribution in [-0.2, 0) is 37.1 Å². The molecule has 1 aliphatic carbocycles. The Hall–Kier alpha value is -3.17. The molecule has 0 bridgehead atoms. The van der Waals surface area contributed by atoms with Crippen LogP contribution in [-0.4, -0.2) is 33.0 Å². The van der Waals surface area contributed by atoms with Crippen LogP contribution in [0.25, 0.3) is 21.8 Å². The maximum absolute atomic E-state index is 13.9. The van der Waals surface area contributed by atoms with Crippen molar-refractivity contribution in [3.63, 3.8) is 0 Å². The van der Waals surface area contributed by atoms with Crippen LogP contribution in [0.1, 0.15) is 35.7 Å². The Labute approximate surface area is 196 Å². The van der Waals surface area contributed by atoms with Crippen LogP contribution in [0.5, 0.6) is 0 Å². The summed E-state index contributed by atoms with van der Waals surface area (Å²) in [6, 6.07) is 10.7. The molecule has 176 valence electrons. The first-order chi connectivity index (χ1) is 16.2. The van der Waals surface area contributed by atoms with Gasteiger partial charge >= 0.3 is 5.69 Å². The molecule has 6 rings (SSSR count). The average Bonchev–Trinajstić information content (AvgIpc) is 3.15.